The first-order valence-electron chi connectivity index (χ1n) is 10.8. The average molecular weight is 544 g/mol. The van der Waals surface area contributed by atoms with Crippen molar-refractivity contribution >= 4 is 60.8 Å². The second-order valence-corrected chi connectivity index (χ2v) is 11.0. The van der Waals surface area contributed by atoms with E-state index >= 15 is 0 Å². The molecule has 1 N–H and O–H groups in total. The molecule has 3 heterocycles. The molecule has 6 nitrogen and oxygen atoms in total. The lowest BCUT2D eigenvalue weighted by Gasteiger charge is -2.13. The summed E-state index contributed by atoms with van der Waals surface area (Å²) < 4.78 is 8.11. The van der Waals surface area contributed by atoms with Crippen LogP contribution >= 0.6 is 39.0 Å². The summed E-state index contributed by atoms with van der Waals surface area (Å²) in [6.45, 7) is 2.23. The lowest BCUT2D eigenvalue weighted by molar-refractivity contribution is -0.113. The first-order chi connectivity index (χ1) is 16.0. The second-order valence-electron chi connectivity index (χ2n) is 8.05. The van der Waals surface area contributed by atoms with E-state index in [-0.39, 0.29) is 23.8 Å². The fourth-order valence-corrected chi connectivity index (χ4v) is 6.69. The van der Waals surface area contributed by atoms with Gasteiger partial charge in [0.25, 0.3) is 5.56 Å². The van der Waals surface area contributed by atoms with Crippen molar-refractivity contribution in [2.45, 2.75) is 44.3 Å². The molecule has 0 spiro atoms. The van der Waals surface area contributed by atoms with Gasteiger partial charge in [-0.25, -0.2) is 4.98 Å². The maximum absolute atomic E-state index is 13.6. The Balaban J connectivity index is 1.45. The summed E-state index contributed by atoms with van der Waals surface area (Å²) in [5.41, 5.74) is 2.85. The topological polar surface area (TPSA) is 77.1 Å². The van der Waals surface area contributed by atoms with Crippen molar-refractivity contribution in [3.8, 4) is 0 Å². The monoisotopic (exact) mass is 543 g/mol. The predicted molar refractivity (Wildman–Crippen MR) is 137 cm³/mol. The number of thioether (sulfide) groups is 1. The Hall–Kier alpha value is -2.36. The zero-order valence-electron chi connectivity index (χ0n) is 18.0. The highest BCUT2D eigenvalue weighted by molar-refractivity contribution is 9.10. The number of amides is 1. The molecule has 4 aromatic rings. The molecule has 0 aliphatic heterocycles. The van der Waals surface area contributed by atoms with Gasteiger partial charge >= 0.3 is 0 Å². The van der Waals surface area contributed by atoms with E-state index in [9.17, 15) is 9.59 Å². The molecule has 33 heavy (non-hydrogen) atoms. The molecule has 0 atom stereocenters. The molecule has 1 aliphatic carbocycles. The van der Waals surface area contributed by atoms with Gasteiger partial charge in [-0.3, -0.25) is 14.2 Å². The number of hydrogen-bond donors (Lipinski definition) is 1. The molecule has 1 aromatic carbocycles. The van der Waals surface area contributed by atoms with Gasteiger partial charge in [0, 0.05) is 15.0 Å². The van der Waals surface area contributed by atoms with Crippen LogP contribution in [0.25, 0.3) is 10.2 Å². The van der Waals surface area contributed by atoms with Crippen LogP contribution in [-0.2, 0) is 24.2 Å². The third kappa shape index (κ3) is 4.67. The zero-order valence-corrected chi connectivity index (χ0v) is 21.2. The number of furan rings is 1. The number of thiophene rings is 1. The predicted octanol–water partition coefficient (Wildman–Crippen LogP) is 5.78. The fourth-order valence-electron chi connectivity index (χ4n) is 4.11. The van der Waals surface area contributed by atoms with E-state index in [2.05, 4.69) is 21.2 Å². The van der Waals surface area contributed by atoms with Crippen molar-refractivity contribution in [3.63, 3.8) is 0 Å². The number of anilines is 1. The van der Waals surface area contributed by atoms with E-state index in [1.807, 2.05) is 31.2 Å². The Morgan fingerprint density at radius 2 is 2.15 bits per heavy atom. The van der Waals surface area contributed by atoms with Crippen molar-refractivity contribution in [1.29, 1.82) is 0 Å². The average Bonchev–Trinajstić information content (AvgIpc) is 3.44. The Morgan fingerprint density at radius 1 is 1.30 bits per heavy atom. The molecule has 0 saturated heterocycles. The number of aryl methyl sites for hydroxylation is 3. The molecule has 1 aliphatic rings. The van der Waals surface area contributed by atoms with Gasteiger partial charge in [-0.05, 0) is 74.1 Å². The highest BCUT2D eigenvalue weighted by atomic mass is 79.9. The number of nitrogens with zero attached hydrogens (tertiary/aromatic N) is 2. The second kappa shape index (κ2) is 9.48. The summed E-state index contributed by atoms with van der Waals surface area (Å²) in [4.78, 5) is 33.2. The van der Waals surface area contributed by atoms with E-state index in [0.29, 0.717) is 10.9 Å². The van der Waals surface area contributed by atoms with E-state index in [4.69, 9.17) is 9.40 Å². The first-order valence-corrected chi connectivity index (χ1v) is 13.4. The van der Waals surface area contributed by atoms with Crippen LogP contribution < -0.4 is 10.9 Å². The van der Waals surface area contributed by atoms with Crippen molar-refractivity contribution in [2.24, 2.45) is 0 Å². The maximum atomic E-state index is 13.6. The van der Waals surface area contributed by atoms with Crippen LogP contribution in [0.5, 0.6) is 0 Å². The van der Waals surface area contributed by atoms with E-state index in [1.54, 1.807) is 28.2 Å². The van der Waals surface area contributed by atoms with Gasteiger partial charge in [0.1, 0.15) is 10.6 Å². The van der Waals surface area contributed by atoms with E-state index < -0.39 is 0 Å². The molecular weight excluding hydrogens is 522 g/mol. The van der Waals surface area contributed by atoms with Gasteiger partial charge in [0.2, 0.25) is 5.91 Å². The Bertz CT molecular complexity index is 1390. The Morgan fingerprint density at radius 3 is 2.94 bits per heavy atom. The van der Waals surface area contributed by atoms with E-state index in [1.165, 1.54) is 16.6 Å². The number of halogens is 1. The van der Waals surface area contributed by atoms with Gasteiger partial charge in [-0.1, -0.05) is 27.7 Å². The summed E-state index contributed by atoms with van der Waals surface area (Å²) in [7, 11) is 0. The lowest BCUT2D eigenvalue weighted by Crippen LogP contribution is -2.25. The molecule has 0 unspecified atom stereocenters. The number of carbonyl (C=O) groups excluding carboxylic acids is 1. The number of hydrogen-bond acceptors (Lipinski definition) is 6. The summed E-state index contributed by atoms with van der Waals surface area (Å²) in [6.07, 6.45) is 5.78. The summed E-state index contributed by atoms with van der Waals surface area (Å²) in [5.74, 6) is 0.686. The zero-order chi connectivity index (χ0) is 22.9. The smallest absolute Gasteiger partial charge is 0.263 e. The standard InChI is InChI=1S/C24H22BrN3O3S2/c1-14-11-15(25)8-9-18(14)26-20(29)13-32-24-27-22-21(17-6-2-3-7-19(17)33-22)23(30)28(24)12-16-5-4-10-31-16/h4-5,8-11H,2-3,6-7,12-13H2,1H3,(H,26,29). The number of carbonyl (C=O) groups is 1. The SMILES string of the molecule is Cc1cc(Br)ccc1NC(=O)CSc1nc2sc3c(c2c(=O)n1Cc1ccco1)CCCC3. The van der Waals surface area contributed by atoms with Crippen molar-refractivity contribution < 1.29 is 9.21 Å². The van der Waals surface area contributed by atoms with Gasteiger partial charge in [0.05, 0.1) is 23.9 Å². The molecule has 3 aromatic heterocycles. The highest BCUT2D eigenvalue weighted by Crippen LogP contribution is 2.35. The fraction of sp³-hybridized carbons (Fsp3) is 0.292. The minimum absolute atomic E-state index is 0.0533. The molecule has 170 valence electrons. The van der Waals surface area contributed by atoms with Crippen LogP contribution in [0.15, 0.2) is 55.4 Å². The van der Waals surface area contributed by atoms with Gasteiger partial charge in [0.15, 0.2) is 5.16 Å². The number of rotatable bonds is 6. The quantitative estimate of drug-likeness (QED) is 0.246. The van der Waals surface area contributed by atoms with Crippen LogP contribution in [0.2, 0.25) is 0 Å². The summed E-state index contributed by atoms with van der Waals surface area (Å²) in [5, 5.41) is 4.22. The number of aromatic nitrogens is 2. The van der Waals surface area contributed by atoms with Gasteiger partial charge < -0.3 is 9.73 Å². The van der Waals surface area contributed by atoms with Crippen LogP contribution in [0.3, 0.4) is 0 Å². The molecule has 0 bridgehead atoms. The van der Waals surface area contributed by atoms with Crippen LogP contribution in [0, 0.1) is 6.92 Å². The Kier molecular flexibility index (Phi) is 6.44. The normalized spacial score (nSPS) is 13.3. The van der Waals surface area contributed by atoms with Crippen molar-refractivity contribution in [3.05, 3.63) is 73.2 Å². The third-order valence-corrected chi connectivity index (χ3v) is 8.38. The minimum atomic E-state index is -0.144. The molecular formula is C24H22BrN3O3S2. The number of nitrogens with one attached hydrogen (secondary N) is 1. The summed E-state index contributed by atoms with van der Waals surface area (Å²) in [6, 6.07) is 9.37. The molecule has 1 amide bonds. The van der Waals surface area contributed by atoms with Crippen LogP contribution in [0.4, 0.5) is 5.69 Å². The lowest BCUT2D eigenvalue weighted by atomic mass is 9.97. The Labute approximate surface area is 207 Å². The van der Waals surface area contributed by atoms with Crippen LogP contribution in [-0.4, -0.2) is 21.2 Å². The first kappa shape index (κ1) is 22.4. The molecule has 5 rings (SSSR count). The third-order valence-electron chi connectivity index (χ3n) is 5.73. The molecule has 0 saturated carbocycles. The molecule has 0 fully saturated rings. The van der Waals surface area contributed by atoms with E-state index in [0.717, 1.165) is 57.2 Å². The van der Waals surface area contributed by atoms with Crippen molar-refractivity contribution in [2.75, 3.05) is 11.1 Å². The summed E-state index contributed by atoms with van der Waals surface area (Å²) >= 11 is 6.33. The highest BCUT2D eigenvalue weighted by Gasteiger charge is 2.23. The van der Waals surface area contributed by atoms with Crippen LogP contribution in [0.1, 0.15) is 34.6 Å². The molecule has 0 radical (unpaired) electrons. The maximum Gasteiger partial charge on any atom is 0.263 e. The van der Waals surface area contributed by atoms with Gasteiger partial charge in [-0.15, -0.1) is 11.3 Å². The minimum Gasteiger partial charge on any atom is -0.467 e. The molecule has 9 heteroatoms. The van der Waals surface area contributed by atoms with Crippen molar-refractivity contribution in [1.82, 2.24) is 9.55 Å². The number of fused-ring (bicyclic) bond motifs is 3. The van der Waals surface area contributed by atoms with Gasteiger partial charge in [-0.2, -0.15) is 0 Å². The largest absolute Gasteiger partial charge is 0.467 e. The number of benzene rings is 1.